The molecule has 0 rings (SSSR count). The van der Waals surface area contributed by atoms with Crippen molar-refractivity contribution in [3.05, 3.63) is 0 Å². The van der Waals surface area contributed by atoms with Crippen LogP contribution in [-0.2, 0) is 9.59 Å². The van der Waals surface area contributed by atoms with Crippen LogP contribution in [0.1, 0.15) is 6.42 Å². The first-order chi connectivity index (χ1) is 8.38. The smallest absolute Gasteiger partial charge is 0.326 e. The number of hydrogen-bond donors (Lipinski definition) is 3. The van der Waals surface area contributed by atoms with Crippen molar-refractivity contribution < 1.29 is 19.5 Å². The summed E-state index contributed by atoms with van der Waals surface area (Å²) >= 11 is 1.50. The zero-order valence-electron chi connectivity index (χ0n) is 10.7. The maximum absolute atomic E-state index is 11.4. The predicted octanol–water partition coefficient (Wildman–Crippen LogP) is -0.420. The summed E-state index contributed by atoms with van der Waals surface area (Å²) < 4.78 is 0. The van der Waals surface area contributed by atoms with Crippen LogP contribution in [-0.4, -0.2) is 66.6 Å². The number of urea groups is 1. The van der Waals surface area contributed by atoms with Gasteiger partial charge in [0.05, 0.1) is 6.54 Å². The summed E-state index contributed by atoms with van der Waals surface area (Å²) in [4.78, 5) is 34.8. The van der Waals surface area contributed by atoms with E-state index in [0.29, 0.717) is 12.2 Å². The molecule has 0 aliphatic heterocycles. The summed E-state index contributed by atoms with van der Waals surface area (Å²) in [6.07, 6.45) is 2.19. The fourth-order valence-corrected chi connectivity index (χ4v) is 1.49. The molecule has 0 saturated carbocycles. The van der Waals surface area contributed by atoms with Crippen molar-refractivity contribution in [3.63, 3.8) is 0 Å². The van der Waals surface area contributed by atoms with Gasteiger partial charge >= 0.3 is 12.0 Å². The lowest BCUT2D eigenvalue weighted by molar-refractivity contribution is -0.139. The Morgan fingerprint density at radius 3 is 2.39 bits per heavy atom. The lowest BCUT2D eigenvalue weighted by atomic mass is 10.2. The van der Waals surface area contributed by atoms with Crippen LogP contribution in [0.5, 0.6) is 0 Å². The minimum Gasteiger partial charge on any atom is -0.480 e. The normalized spacial score (nSPS) is 11.5. The predicted molar refractivity (Wildman–Crippen MR) is 69.7 cm³/mol. The van der Waals surface area contributed by atoms with Crippen LogP contribution in [0.4, 0.5) is 4.79 Å². The molecule has 18 heavy (non-hydrogen) atoms. The molecule has 104 valence electrons. The Kier molecular flexibility index (Phi) is 7.93. The van der Waals surface area contributed by atoms with E-state index in [9.17, 15) is 14.4 Å². The summed E-state index contributed by atoms with van der Waals surface area (Å²) in [5, 5.41) is 13.5. The monoisotopic (exact) mass is 277 g/mol. The van der Waals surface area contributed by atoms with Crippen molar-refractivity contribution in [2.45, 2.75) is 12.5 Å². The molecule has 0 spiro atoms. The first-order valence-corrected chi connectivity index (χ1v) is 6.74. The van der Waals surface area contributed by atoms with Gasteiger partial charge in [0.15, 0.2) is 0 Å². The molecule has 1 atom stereocenters. The maximum Gasteiger partial charge on any atom is 0.326 e. The Bertz CT molecular complexity index is 309. The quantitative estimate of drug-likeness (QED) is 0.587. The lowest BCUT2D eigenvalue weighted by Crippen LogP contribution is -2.48. The third-order valence-corrected chi connectivity index (χ3v) is 2.76. The SMILES string of the molecule is CSCC[C@H](NC(=O)NCC(=O)N(C)C)C(=O)O. The molecule has 0 aromatic carbocycles. The topological polar surface area (TPSA) is 98.7 Å². The van der Waals surface area contributed by atoms with Crippen molar-refractivity contribution in [2.24, 2.45) is 0 Å². The van der Waals surface area contributed by atoms with E-state index < -0.39 is 18.0 Å². The maximum atomic E-state index is 11.4. The summed E-state index contributed by atoms with van der Waals surface area (Å²) in [7, 11) is 3.14. The Hall–Kier alpha value is -1.44. The third kappa shape index (κ3) is 7.00. The lowest BCUT2D eigenvalue weighted by Gasteiger charge is -2.15. The molecular weight excluding hydrogens is 258 g/mol. The molecule has 0 bridgehead atoms. The van der Waals surface area contributed by atoms with Crippen LogP contribution in [0.2, 0.25) is 0 Å². The summed E-state index contributed by atoms with van der Waals surface area (Å²) in [5.74, 6) is -0.715. The highest BCUT2D eigenvalue weighted by atomic mass is 32.2. The molecular formula is C10H19N3O4S. The first kappa shape index (κ1) is 16.6. The van der Waals surface area contributed by atoms with Gasteiger partial charge < -0.3 is 20.6 Å². The molecule has 0 saturated heterocycles. The van der Waals surface area contributed by atoms with Crippen LogP contribution in [0.15, 0.2) is 0 Å². The van der Waals surface area contributed by atoms with Crippen LogP contribution in [0.3, 0.4) is 0 Å². The largest absolute Gasteiger partial charge is 0.480 e. The van der Waals surface area contributed by atoms with Crippen molar-refractivity contribution in [3.8, 4) is 0 Å². The average Bonchev–Trinajstić information content (AvgIpc) is 2.30. The summed E-state index contributed by atoms with van der Waals surface area (Å²) in [5.41, 5.74) is 0. The van der Waals surface area contributed by atoms with Crippen molar-refractivity contribution >= 4 is 29.7 Å². The highest BCUT2D eigenvalue weighted by molar-refractivity contribution is 7.98. The molecule has 7 nitrogen and oxygen atoms in total. The van der Waals surface area contributed by atoms with Gasteiger partial charge in [-0.15, -0.1) is 0 Å². The molecule has 0 aliphatic rings. The Balaban J connectivity index is 4.10. The molecule has 0 radical (unpaired) electrons. The molecule has 0 aliphatic carbocycles. The fourth-order valence-electron chi connectivity index (χ4n) is 1.02. The van der Waals surface area contributed by atoms with Gasteiger partial charge in [-0.05, 0) is 18.4 Å². The van der Waals surface area contributed by atoms with Gasteiger partial charge in [-0.2, -0.15) is 11.8 Å². The number of thioether (sulfide) groups is 1. The fraction of sp³-hybridized carbons (Fsp3) is 0.700. The highest BCUT2D eigenvalue weighted by Crippen LogP contribution is 2.00. The second kappa shape index (κ2) is 8.62. The molecule has 0 aromatic heterocycles. The number of nitrogens with zero attached hydrogens (tertiary/aromatic N) is 1. The van der Waals surface area contributed by atoms with Gasteiger partial charge in [-0.3, -0.25) is 4.79 Å². The Labute approximate surface area is 110 Å². The number of amides is 3. The van der Waals surface area contributed by atoms with Crippen LogP contribution >= 0.6 is 11.8 Å². The minimum absolute atomic E-state index is 0.159. The number of likely N-dealkylation sites (N-methyl/N-ethyl adjacent to an activating group) is 1. The number of carbonyl (C=O) groups excluding carboxylic acids is 2. The first-order valence-electron chi connectivity index (χ1n) is 5.34. The van der Waals surface area contributed by atoms with E-state index >= 15 is 0 Å². The third-order valence-electron chi connectivity index (χ3n) is 2.11. The van der Waals surface area contributed by atoms with Gasteiger partial charge in [0.1, 0.15) is 6.04 Å². The molecule has 0 aromatic rings. The van der Waals surface area contributed by atoms with E-state index in [2.05, 4.69) is 10.6 Å². The number of hydrogen-bond acceptors (Lipinski definition) is 4. The number of rotatable bonds is 7. The number of carboxylic acid groups (broad SMARTS) is 1. The van der Waals surface area contributed by atoms with E-state index in [1.807, 2.05) is 6.26 Å². The van der Waals surface area contributed by atoms with Gasteiger partial charge in [0.2, 0.25) is 5.91 Å². The minimum atomic E-state index is -1.09. The van der Waals surface area contributed by atoms with Crippen molar-refractivity contribution in [1.82, 2.24) is 15.5 Å². The van der Waals surface area contributed by atoms with Crippen LogP contribution in [0.25, 0.3) is 0 Å². The van der Waals surface area contributed by atoms with Gasteiger partial charge in [0, 0.05) is 14.1 Å². The van der Waals surface area contributed by atoms with Crippen molar-refractivity contribution in [1.29, 1.82) is 0 Å². The Morgan fingerprint density at radius 1 is 1.33 bits per heavy atom. The van der Waals surface area contributed by atoms with Gasteiger partial charge in [-0.1, -0.05) is 0 Å². The van der Waals surface area contributed by atoms with Crippen LogP contribution in [0, 0.1) is 0 Å². The van der Waals surface area contributed by atoms with Gasteiger partial charge in [0.25, 0.3) is 0 Å². The summed E-state index contributed by atoms with van der Waals surface area (Å²) in [6, 6.07) is -1.59. The average molecular weight is 277 g/mol. The van der Waals surface area contributed by atoms with Gasteiger partial charge in [-0.25, -0.2) is 9.59 Å². The summed E-state index contributed by atoms with van der Waals surface area (Å²) in [6.45, 7) is -0.159. The zero-order chi connectivity index (χ0) is 14.1. The number of aliphatic carboxylic acids is 1. The zero-order valence-corrected chi connectivity index (χ0v) is 11.5. The van der Waals surface area contributed by atoms with Crippen LogP contribution < -0.4 is 10.6 Å². The molecule has 3 amide bonds. The number of carboxylic acids is 1. The van der Waals surface area contributed by atoms with E-state index in [1.165, 1.54) is 16.7 Å². The van der Waals surface area contributed by atoms with E-state index in [0.717, 1.165) is 0 Å². The number of nitrogens with one attached hydrogen (secondary N) is 2. The van der Waals surface area contributed by atoms with E-state index in [-0.39, 0.29) is 12.5 Å². The number of carbonyl (C=O) groups is 3. The second-order valence-corrected chi connectivity index (χ2v) is 4.77. The van der Waals surface area contributed by atoms with Crippen molar-refractivity contribution in [2.75, 3.05) is 32.6 Å². The molecule has 3 N–H and O–H groups in total. The molecule has 8 heteroatoms. The molecule has 0 heterocycles. The molecule has 0 fully saturated rings. The van der Waals surface area contributed by atoms with E-state index in [4.69, 9.17) is 5.11 Å². The Morgan fingerprint density at radius 2 is 1.94 bits per heavy atom. The second-order valence-electron chi connectivity index (χ2n) is 3.79. The molecule has 0 unspecified atom stereocenters. The highest BCUT2D eigenvalue weighted by Gasteiger charge is 2.19. The standard InChI is InChI=1S/C10H19N3O4S/c1-13(2)8(14)6-11-10(17)12-7(9(15)16)4-5-18-3/h7H,4-6H2,1-3H3,(H,15,16)(H2,11,12,17)/t7-/m0/s1. The van der Waals surface area contributed by atoms with E-state index in [1.54, 1.807) is 14.1 Å².